The summed E-state index contributed by atoms with van der Waals surface area (Å²) in [6.45, 7) is 6.24. The lowest BCUT2D eigenvalue weighted by Crippen LogP contribution is -2.44. The van der Waals surface area contributed by atoms with Crippen LogP contribution < -0.4 is 5.73 Å². The molecule has 106 valence electrons. The van der Waals surface area contributed by atoms with Gasteiger partial charge in [0.05, 0.1) is 6.42 Å². The van der Waals surface area contributed by atoms with E-state index >= 15 is 0 Å². The van der Waals surface area contributed by atoms with E-state index in [1.54, 1.807) is 0 Å². The number of benzene rings is 1. The van der Waals surface area contributed by atoms with E-state index in [1.165, 1.54) is 6.42 Å². The Bertz CT molecular complexity index is 428. The van der Waals surface area contributed by atoms with Crippen LogP contribution in [0.25, 0.3) is 0 Å². The molecule has 1 fully saturated rings. The van der Waals surface area contributed by atoms with Crippen molar-refractivity contribution in [1.29, 1.82) is 0 Å². The predicted octanol–water partition coefficient (Wildman–Crippen LogP) is 2.88. The van der Waals surface area contributed by atoms with Crippen LogP contribution in [0.5, 0.6) is 0 Å². The van der Waals surface area contributed by atoms with Crippen molar-refractivity contribution < 1.29 is 4.79 Å². The number of nitrogen functional groups attached to an aromatic ring is 1. The molecule has 0 aliphatic carbocycles. The topological polar surface area (TPSA) is 46.3 Å². The van der Waals surface area contributed by atoms with Crippen LogP contribution in [0.1, 0.15) is 32.3 Å². The molecule has 1 heterocycles. The molecule has 4 heteroatoms. The lowest BCUT2D eigenvalue weighted by atomic mass is 9.84. The van der Waals surface area contributed by atoms with Crippen molar-refractivity contribution in [2.45, 2.75) is 33.1 Å². The fourth-order valence-electron chi connectivity index (χ4n) is 2.56. The number of likely N-dealkylation sites (tertiary alicyclic amines) is 1. The standard InChI is InChI=1S/C15H22N2O.ClH/c1-15(2)8-3-9-17(11-15)14(18)10-12-4-6-13(16)7-5-12;/h4-7H,3,8-11,16H2,1-2H3;1H. The zero-order valence-electron chi connectivity index (χ0n) is 11.7. The van der Waals surface area contributed by atoms with Gasteiger partial charge in [0.1, 0.15) is 0 Å². The number of hydrogen-bond donors (Lipinski definition) is 1. The fraction of sp³-hybridized carbons (Fsp3) is 0.533. The second-order valence-corrected chi connectivity index (χ2v) is 6.00. The van der Waals surface area contributed by atoms with Gasteiger partial charge in [0, 0.05) is 18.8 Å². The van der Waals surface area contributed by atoms with Crippen LogP contribution in [0.4, 0.5) is 5.69 Å². The van der Waals surface area contributed by atoms with Crippen LogP contribution in [-0.4, -0.2) is 23.9 Å². The quantitative estimate of drug-likeness (QED) is 0.848. The Labute approximate surface area is 121 Å². The van der Waals surface area contributed by atoms with Crippen LogP contribution in [0.2, 0.25) is 0 Å². The molecular weight excluding hydrogens is 260 g/mol. The first-order valence-corrected chi connectivity index (χ1v) is 6.58. The van der Waals surface area contributed by atoms with Crippen LogP contribution in [0.3, 0.4) is 0 Å². The van der Waals surface area contributed by atoms with Gasteiger partial charge in [-0.2, -0.15) is 0 Å². The number of carbonyl (C=O) groups excluding carboxylic acids is 1. The number of halogens is 1. The van der Waals surface area contributed by atoms with Gasteiger partial charge in [-0.15, -0.1) is 12.4 Å². The third-order valence-corrected chi connectivity index (χ3v) is 3.59. The molecular formula is C15H23ClN2O. The van der Waals surface area contributed by atoms with E-state index in [2.05, 4.69) is 13.8 Å². The molecule has 1 aromatic carbocycles. The smallest absolute Gasteiger partial charge is 0.227 e. The number of nitrogens with zero attached hydrogens (tertiary/aromatic N) is 1. The van der Waals surface area contributed by atoms with E-state index in [0.717, 1.165) is 30.8 Å². The molecule has 1 aliphatic rings. The lowest BCUT2D eigenvalue weighted by molar-refractivity contribution is -0.133. The minimum Gasteiger partial charge on any atom is -0.399 e. The number of hydrogen-bond acceptors (Lipinski definition) is 2. The molecule has 0 atom stereocenters. The summed E-state index contributed by atoms with van der Waals surface area (Å²) in [5.41, 5.74) is 7.68. The first-order valence-electron chi connectivity index (χ1n) is 6.58. The van der Waals surface area contributed by atoms with Gasteiger partial charge in [-0.3, -0.25) is 4.79 Å². The average molecular weight is 283 g/mol. The summed E-state index contributed by atoms with van der Waals surface area (Å²) >= 11 is 0. The monoisotopic (exact) mass is 282 g/mol. The summed E-state index contributed by atoms with van der Waals surface area (Å²) < 4.78 is 0. The summed E-state index contributed by atoms with van der Waals surface area (Å²) in [6.07, 6.45) is 2.80. The Morgan fingerprint density at radius 3 is 2.53 bits per heavy atom. The van der Waals surface area contributed by atoms with Gasteiger partial charge in [0.25, 0.3) is 0 Å². The number of carbonyl (C=O) groups is 1. The van der Waals surface area contributed by atoms with Crippen molar-refractivity contribution in [2.24, 2.45) is 5.41 Å². The van der Waals surface area contributed by atoms with E-state index in [0.29, 0.717) is 6.42 Å². The third kappa shape index (κ3) is 4.43. The molecule has 0 saturated carbocycles. The first-order chi connectivity index (χ1) is 8.46. The molecule has 19 heavy (non-hydrogen) atoms. The Balaban J connectivity index is 0.00000180. The first kappa shape index (κ1) is 15.8. The molecule has 0 unspecified atom stereocenters. The molecule has 1 saturated heterocycles. The Morgan fingerprint density at radius 1 is 1.32 bits per heavy atom. The molecule has 3 nitrogen and oxygen atoms in total. The van der Waals surface area contributed by atoms with Gasteiger partial charge in [-0.25, -0.2) is 0 Å². The van der Waals surface area contributed by atoms with Crippen molar-refractivity contribution in [3.63, 3.8) is 0 Å². The van der Waals surface area contributed by atoms with Crippen molar-refractivity contribution in [2.75, 3.05) is 18.8 Å². The van der Waals surface area contributed by atoms with Crippen molar-refractivity contribution in [3.05, 3.63) is 29.8 Å². The maximum Gasteiger partial charge on any atom is 0.227 e. The minimum absolute atomic E-state index is 0. The van der Waals surface area contributed by atoms with Gasteiger partial charge in [-0.05, 0) is 36.0 Å². The zero-order chi connectivity index (χ0) is 13.2. The number of amides is 1. The highest BCUT2D eigenvalue weighted by Crippen LogP contribution is 2.28. The number of rotatable bonds is 2. The minimum atomic E-state index is 0. The van der Waals surface area contributed by atoms with Crippen molar-refractivity contribution in [3.8, 4) is 0 Å². The summed E-state index contributed by atoms with van der Waals surface area (Å²) in [7, 11) is 0. The molecule has 1 aliphatic heterocycles. The molecule has 2 N–H and O–H groups in total. The van der Waals surface area contributed by atoms with Crippen molar-refractivity contribution in [1.82, 2.24) is 4.90 Å². The van der Waals surface area contributed by atoms with Gasteiger partial charge in [-0.1, -0.05) is 26.0 Å². The maximum absolute atomic E-state index is 12.2. The highest BCUT2D eigenvalue weighted by Gasteiger charge is 2.28. The highest BCUT2D eigenvalue weighted by atomic mass is 35.5. The Hall–Kier alpha value is -1.22. The van der Waals surface area contributed by atoms with E-state index in [-0.39, 0.29) is 23.7 Å². The Morgan fingerprint density at radius 2 is 1.95 bits per heavy atom. The van der Waals surface area contributed by atoms with Crippen LogP contribution >= 0.6 is 12.4 Å². The van der Waals surface area contributed by atoms with Crippen LogP contribution in [0, 0.1) is 5.41 Å². The zero-order valence-corrected chi connectivity index (χ0v) is 12.5. The van der Waals surface area contributed by atoms with Crippen LogP contribution in [0.15, 0.2) is 24.3 Å². The van der Waals surface area contributed by atoms with Gasteiger partial charge in [0.2, 0.25) is 5.91 Å². The molecule has 1 aromatic rings. The van der Waals surface area contributed by atoms with E-state index < -0.39 is 0 Å². The molecule has 1 amide bonds. The third-order valence-electron chi connectivity index (χ3n) is 3.59. The van der Waals surface area contributed by atoms with Crippen LogP contribution in [-0.2, 0) is 11.2 Å². The Kier molecular flexibility index (Phi) is 5.24. The summed E-state index contributed by atoms with van der Waals surface area (Å²) in [4.78, 5) is 14.2. The summed E-state index contributed by atoms with van der Waals surface area (Å²) in [5, 5.41) is 0. The van der Waals surface area contributed by atoms with E-state index in [9.17, 15) is 4.79 Å². The molecule has 2 rings (SSSR count). The molecule has 0 spiro atoms. The lowest BCUT2D eigenvalue weighted by Gasteiger charge is -2.38. The molecule has 0 aromatic heterocycles. The SMILES string of the molecule is CC1(C)CCCN(C(=O)Cc2ccc(N)cc2)C1.Cl. The van der Waals surface area contributed by atoms with Gasteiger partial charge < -0.3 is 10.6 Å². The second kappa shape index (κ2) is 6.29. The number of nitrogens with two attached hydrogens (primary N) is 1. The van der Waals surface area contributed by atoms with Crippen molar-refractivity contribution >= 4 is 24.0 Å². The normalized spacial score (nSPS) is 17.7. The largest absolute Gasteiger partial charge is 0.399 e. The fourth-order valence-corrected chi connectivity index (χ4v) is 2.56. The molecule has 0 radical (unpaired) electrons. The highest BCUT2D eigenvalue weighted by molar-refractivity contribution is 5.85. The molecule has 0 bridgehead atoms. The summed E-state index contributed by atoms with van der Waals surface area (Å²) in [6, 6.07) is 7.57. The maximum atomic E-state index is 12.2. The van der Waals surface area contributed by atoms with Gasteiger partial charge >= 0.3 is 0 Å². The number of piperidine rings is 1. The van der Waals surface area contributed by atoms with E-state index in [4.69, 9.17) is 5.73 Å². The average Bonchev–Trinajstić information content (AvgIpc) is 2.31. The van der Waals surface area contributed by atoms with Gasteiger partial charge in [0.15, 0.2) is 0 Å². The second-order valence-electron chi connectivity index (χ2n) is 6.00. The number of anilines is 1. The predicted molar refractivity (Wildman–Crippen MR) is 81.4 cm³/mol. The van der Waals surface area contributed by atoms with E-state index in [1.807, 2.05) is 29.2 Å². The summed E-state index contributed by atoms with van der Waals surface area (Å²) in [5.74, 6) is 0.229.